The van der Waals surface area contributed by atoms with Crippen molar-refractivity contribution in [3.63, 3.8) is 0 Å². The highest BCUT2D eigenvalue weighted by atomic mass is 32.2. The number of nitrogens with zero attached hydrogens (tertiary/aromatic N) is 3. The number of likely N-dealkylation sites (tertiary alicyclic amines) is 1. The van der Waals surface area contributed by atoms with Gasteiger partial charge in [-0.2, -0.15) is 0 Å². The molecule has 47 heavy (non-hydrogen) atoms. The first kappa shape index (κ1) is 34.3. The average molecular weight is 681 g/mol. The molecule has 13 heteroatoms. The standard InChI is InChI=1S/C34H40N4O7S2/c1-22(46(41)42)21-38-19-16-26-20-29(25-8-12-28(13-9-25)47(5,43)44)36-31(30(26)32(38)39)35-27-10-6-23(7-11-27)24-14-17-37(18-15-24)33(40)45-34(2,3)4/h6-13,16,19-20,22,24H,14-15,17-18,21H2,1-5H3,(H,35,36)(H,41,42). The molecule has 2 unspecified atom stereocenters. The van der Waals surface area contributed by atoms with Crippen LogP contribution in [0.1, 0.15) is 52.0 Å². The van der Waals surface area contributed by atoms with Gasteiger partial charge >= 0.3 is 6.09 Å². The zero-order chi connectivity index (χ0) is 34.1. The highest BCUT2D eigenvalue weighted by Gasteiger charge is 2.27. The lowest BCUT2D eigenvalue weighted by Crippen LogP contribution is -2.41. The molecule has 1 aliphatic heterocycles. The lowest BCUT2D eigenvalue weighted by Gasteiger charge is -2.33. The Bertz CT molecular complexity index is 1960. The van der Waals surface area contributed by atoms with Crippen molar-refractivity contribution in [2.45, 2.75) is 68.7 Å². The SMILES string of the molecule is CC(Cn1ccc2cc(-c3ccc(S(C)(=O)=O)cc3)nc(Nc3ccc(C4CCN(C(=O)OC(C)(C)C)CC4)cc3)c2c1=O)S(=O)O. The molecule has 4 aromatic rings. The van der Waals surface area contributed by atoms with Gasteiger partial charge in [0.05, 0.1) is 21.2 Å². The number of benzene rings is 2. The fourth-order valence-electron chi connectivity index (χ4n) is 5.60. The van der Waals surface area contributed by atoms with Gasteiger partial charge in [0.25, 0.3) is 5.56 Å². The average Bonchev–Trinajstić information content (AvgIpc) is 3.01. The molecule has 1 amide bonds. The molecule has 0 radical (unpaired) electrons. The van der Waals surface area contributed by atoms with E-state index in [1.807, 2.05) is 45.0 Å². The fraction of sp³-hybridized carbons (Fsp3) is 0.382. The van der Waals surface area contributed by atoms with Crippen LogP contribution in [0.5, 0.6) is 0 Å². The van der Waals surface area contributed by atoms with Gasteiger partial charge in [0.2, 0.25) is 0 Å². The van der Waals surface area contributed by atoms with Gasteiger partial charge in [-0.3, -0.25) is 4.79 Å². The van der Waals surface area contributed by atoms with E-state index in [0.717, 1.165) is 24.7 Å². The summed E-state index contributed by atoms with van der Waals surface area (Å²) in [7, 11) is -3.38. The number of sulfone groups is 1. The Labute approximate surface area is 277 Å². The largest absolute Gasteiger partial charge is 0.444 e. The molecule has 1 saturated heterocycles. The van der Waals surface area contributed by atoms with Crippen LogP contribution in [0, 0.1) is 0 Å². The molecule has 1 aliphatic rings. The van der Waals surface area contributed by atoms with Crippen molar-refractivity contribution in [3.05, 3.63) is 82.8 Å². The first-order valence-corrected chi connectivity index (χ1v) is 18.4. The van der Waals surface area contributed by atoms with Gasteiger partial charge in [-0.25, -0.2) is 22.4 Å². The molecule has 250 valence electrons. The van der Waals surface area contributed by atoms with Crippen molar-refractivity contribution >= 4 is 49.3 Å². The zero-order valence-corrected chi connectivity index (χ0v) is 28.7. The number of rotatable bonds is 8. The lowest BCUT2D eigenvalue weighted by molar-refractivity contribution is 0.0205. The molecule has 2 aromatic carbocycles. The number of ether oxygens (including phenoxy) is 1. The quantitative estimate of drug-likeness (QED) is 0.216. The second kappa shape index (κ2) is 13.6. The topological polar surface area (TPSA) is 148 Å². The number of hydrogen-bond acceptors (Lipinski definition) is 8. The number of fused-ring (bicyclic) bond motifs is 1. The number of hydrogen-bond donors (Lipinski definition) is 2. The van der Waals surface area contributed by atoms with Crippen LogP contribution in [0.3, 0.4) is 0 Å². The Kier molecular flexibility index (Phi) is 9.90. The number of anilines is 2. The molecule has 3 heterocycles. The van der Waals surface area contributed by atoms with E-state index in [1.54, 1.807) is 42.3 Å². The number of carbonyl (C=O) groups excluding carboxylic acids is 1. The van der Waals surface area contributed by atoms with E-state index in [2.05, 4.69) is 5.32 Å². The van der Waals surface area contributed by atoms with Crippen molar-refractivity contribution in [2.24, 2.45) is 0 Å². The molecule has 2 aromatic heterocycles. The van der Waals surface area contributed by atoms with Crippen molar-refractivity contribution in [1.82, 2.24) is 14.5 Å². The van der Waals surface area contributed by atoms with Crippen molar-refractivity contribution in [3.8, 4) is 11.3 Å². The number of piperidine rings is 1. The Balaban J connectivity index is 1.44. The van der Waals surface area contributed by atoms with Crippen LogP contribution in [-0.2, 0) is 32.2 Å². The third-order valence-corrected chi connectivity index (χ3v) is 10.1. The molecular formula is C34H40N4O7S2. The Morgan fingerprint density at radius 1 is 1.09 bits per heavy atom. The van der Waals surface area contributed by atoms with Crippen LogP contribution >= 0.6 is 0 Å². The van der Waals surface area contributed by atoms with E-state index >= 15 is 0 Å². The van der Waals surface area contributed by atoms with E-state index in [1.165, 1.54) is 16.7 Å². The minimum atomic E-state index is -3.38. The summed E-state index contributed by atoms with van der Waals surface area (Å²) in [6.07, 6.45) is 4.08. The number of nitrogens with one attached hydrogen (secondary N) is 1. The van der Waals surface area contributed by atoms with E-state index in [-0.39, 0.29) is 29.0 Å². The van der Waals surface area contributed by atoms with Crippen LogP contribution in [0.2, 0.25) is 0 Å². The maximum absolute atomic E-state index is 13.7. The first-order chi connectivity index (χ1) is 22.1. The van der Waals surface area contributed by atoms with Crippen molar-refractivity contribution < 1.29 is 26.7 Å². The molecular weight excluding hydrogens is 641 g/mol. The van der Waals surface area contributed by atoms with Gasteiger partial charge in [0.15, 0.2) is 20.9 Å². The predicted molar refractivity (Wildman–Crippen MR) is 184 cm³/mol. The van der Waals surface area contributed by atoms with Gasteiger partial charge < -0.3 is 24.1 Å². The van der Waals surface area contributed by atoms with E-state index < -0.39 is 31.8 Å². The summed E-state index contributed by atoms with van der Waals surface area (Å²) in [6, 6.07) is 17.8. The summed E-state index contributed by atoms with van der Waals surface area (Å²) in [5, 5.41) is 3.58. The molecule has 0 aliphatic carbocycles. The molecule has 1 fully saturated rings. The minimum Gasteiger partial charge on any atom is -0.444 e. The maximum atomic E-state index is 13.7. The molecule has 0 bridgehead atoms. The fourth-order valence-corrected chi connectivity index (χ4v) is 6.51. The monoisotopic (exact) mass is 680 g/mol. The van der Waals surface area contributed by atoms with Gasteiger partial charge in [0.1, 0.15) is 11.4 Å². The Hall–Kier alpha value is -4.07. The molecule has 0 saturated carbocycles. The van der Waals surface area contributed by atoms with E-state index in [0.29, 0.717) is 46.6 Å². The summed E-state index contributed by atoms with van der Waals surface area (Å²) >= 11 is -2.10. The molecule has 2 N–H and O–H groups in total. The highest BCUT2D eigenvalue weighted by Crippen LogP contribution is 2.32. The van der Waals surface area contributed by atoms with Crippen LogP contribution in [0.25, 0.3) is 22.0 Å². The number of pyridine rings is 2. The summed E-state index contributed by atoms with van der Waals surface area (Å²) in [5.74, 6) is 0.589. The van der Waals surface area contributed by atoms with Crippen molar-refractivity contribution in [2.75, 3.05) is 24.7 Å². The zero-order valence-electron chi connectivity index (χ0n) is 27.1. The second-order valence-electron chi connectivity index (χ2n) is 13.0. The van der Waals surface area contributed by atoms with Crippen LogP contribution in [0.15, 0.2) is 76.6 Å². The lowest BCUT2D eigenvalue weighted by atomic mass is 9.89. The second-order valence-corrected chi connectivity index (χ2v) is 16.3. The third kappa shape index (κ3) is 8.27. The Morgan fingerprint density at radius 2 is 1.72 bits per heavy atom. The van der Waals surface area contributed by atoms with E-state index in [9.17, 15) is 26.8 Å². The summed E-state index contributed by atoms with van der Waals surface area (Å²) in [4.78, 5) is 32.9. The highest BCUT2D eigenvalue weighted by molar-refractivity contribution is 7.90. The van der Waals surface area contributed by atoms with Crippen LogP contribution < -0.4 is 10.9 Å². The number of amides is 1. The van der Waals surface area contributed by atoms with Crippen LogP contribution in [0.4, 0.5) is 16.3 Å². The maximum Gasteiger partial charge on any atom is 0.410 e. The van der Waals surface area contributed by atoms with Gasteiger partial charge in [0, 0.05) is 43.3 Å². The first-order valence-electron chi connectivity index (χ1n) is 15.4. The predicted octanol–water partition coefficient (Wildman–Crippen LogP) is 5.94. The minimum absolute atomic E-state index is 0.0491. The van der Waals surface area contributed by atoms with Gasteiger partial charge in [-0.1, -0.05) is 24.3 Å². The Morgan fingerprint density at radius 3 is 2.30 bits per heavy atom. The van der Waals surface area contributed by atoms with Gasteiger partial charge in [-0.05, 0) is 93.8 Å². The molecule has 0 spiro atoms. The normalized spacial score (nSPS) is 15.7. The third-order valence-electron chi connectivity index (χ3n) is 8.13. The molecule has 5 rings (SSSR count). The van der Waals surface area contributed by atoms with Gasteiger partial charge in [-0.15, -0.1) is 0 Å². The summed E-state index contributed by atoms with van der Waals surface area (Å²) in [6.45, 7) is 8.44. The molecule has 11 nitrogen and oxygen atoms in total. The van der Waals surface area contributed by atoms with Crippen molar-refractivity contribution in [1.29, 1.82) is 0 Å². The number of aromatic nitrogens is 2. The molecule has 2 atom stereocenters. The van der Waals surface area contributed by atoms with E-state index in [4.69, 9.17) is 9.72 Å². The summed E-state index contributed by atoms with van der Waals surface area (Å²) in [5.41, 5.74) is 2.16. The summed E-state index contributed by atoms with van der Waals surface area (Å²) < 4.78 is 52.1. The smallest absolute Gasteiger partial charge is 0.410 e. The number of carbonyl (C=O) groups is 1. The van der Waals surface area contributed by atoms with Crippen LogP contribution in [-0.4, -0.2) is 67.9 Å².